The van der Waals surface area contributed by atoms with Gasteiger partial charge < -0.3 is 0 Å². The summed E-state index contributed by atoms with van der Waals surface area (Å²) in [5.41, 5.74) is 1.13. The number of hydrogen-bond donors (Lipinski definition) is 0. The van der Waals surface area contributed by atoms with E-state index in [4.69, 9.17) is 11.6 Å². The summed E-state index contributed by atoms with van der Waals surface area (Å²) >= 11 is 7.45. The summed E-state index contributed by atoms with van der Waals surface area (Å²) in [6.45, 7) is 0. The van der Waals surface area contributed by atoms with Crippen molar-refractivity contribution in [3.8, 4) is 0 Å². The quantitative estimate of drug-likeness (QED) is 0.562. The number of fused-ring (bicyclic) bond motifs is 1. The monoisotopic (exact) mass is 239 g/mol. The zero-order valence-corrected chi connectivity index (χ0v) is 10.2. The van der Waals surface area contributed by atoms with Crippen molar-refractivity contribution in [3.63, 3.8) is 0 Å². The molecule has 2 rings (SSSR count). The minimum absolute atomic E-state index is 0.778. The molecule has 0 aliphatic heterocycles. The van der Waals surface area contributed by atoms with Crippen molar-refractivity contribution < 1.29 is 0 Å². The van der Waals surface area contributed by atoms with Crippen LogP contribution in [0.2, 0.25) is 0 Å². The maximum Gasteiger partial charge on any atom is 0.0938 e. The third kappa shape index (κ3) is 2.93. The van der Waals surface area contributed by atoms with Gasteiger partial charge in [0, 0.05) is 5.88 Å². The molecule has 0 amide bonds. The Bertz CT molecular complexity index is 391. The normalized spacial score (nSPS) is 11.0. The highest BCUT2D eigenvalue weighted by molar-refractivity contribution is 7.18. The van der Waals surface area contributed by atoms with Crippen molar-refractivity contribution >= 4 is 33.2 Å². The number of thiazole rings is 1. The lowest BCUT2D eigenvalue weighted by atomic mass is 10.2. The maximum atomic E-state index is 5.63. The standard InChI is InChI=1S/C12H14ClNS/c13-9-5-1-2-8-12-14-10-6-3-4-7-11(10)15-12/h3-4,6-7H,1-2,5,8-9H2. The van der Waals surface area contributed by atoms with Gasteiger partial charge in [-0.3, -0.25) is 0 Å². The van der Waals surface area contributed by atoms with Gasteiger partial charge in [-0.05, 0) is 31.4 Å². The first kappa shape index (κ1) is 10.9. The SMILES string of the molecule is ClCCCCCc1nc2ccccc2s1. The van der Waals surface area contributed by atoms with Crippen LogP contribution in [0.25, 0.3) is 10.2 Å². The Morgan fingerprint density at radius 3 is 2.80 bits per heavy atom. The Balaban J connectivity index is 1.97. The number of aromatic nitrogens is 1. The predicted octanol–water partition coefficient (Wildman–Crippen LogP) is 4.25. The summed E-state index contributed by atoms with van der Waals surface area (Å²) in [5.74, 6) is 0.778. The molecule has 0 aliphatic rings. The lowest BCUT2D eigenvalue weighted by Crippen LogP contribution is -1.84. The molecule has 0 saturated heterocycles. The maximum absolute atomic E-state index is 5.63. The lowest BCUT2D eigenvalue weighted by Gasteiger charge is -1.94. The van der Waals surface area contributed by atoms with Gasteiger partial charge in [0.15, 0.2) is 0 Å². The van der Waals surface area contributed by atoms with Crippen molar-refractivity contribution in [2.24, 2.45) is 0 Å². The Kier molecular flexibility index (Phi) is 3.98. The van der Waals surface area contributed by atoms with Crippen LogP contribution >= 0.6 is 22.9 Å². The Morgan fingerprint density at radius 2 is 2.00 bits per heavy atom. The largest absolute Gasteiger partial charge is 0.241 e. The molecule has 0 bridgehead atoms. The number of para-hydroxylation sites is 1. The van der Waals surface area contributed by atoms with E-state index in [0.29, 0.717) is 0 Å². The average Bonchev–Trinajstić information content (AvgIpc) is 2.67. The third-order valence-corrected chi connectivity index (χ3v) is 3.73. The van der Waals surface area contributed by atoms with E-state index in [1.54, 1.807) is 0 Å². The van der Waals surface area contributed by atoms with Crippen LogP contribution in [-0.4, -0.2) is 10.9 Å². The van der Waals surface area contributed by atoms with E-state index in [2.05, 4.69) is 23.2 Å². The summed E-state index contributed by atoms with van der Waals surface area (Å²) in [7, 11) is 0. The van der Waals surface area contributed by atoms with Crippen LogP contribution in [0.5, 0.6) is 0 Å². The van der Waals surface area contributed by atoms with E-state index < -0.39 is 0 Å². The van der Waals surface area contributed by atoms with E-state index in [1.165, 1.54) is 22.5 Å². The van der Waals surface area contributed by atoms with Crippen LogP contribution in [-0.2, 0) is 6.42 Å². The molecule has 0 atom stereocenters. The topological polar surface area (TPSA) is 12.9 Å². The highest BCUT2D eigenvalue weighted by Gasteiger charge is 2.02. The van der Waals surface area contributed by atoms with Gasteiger partial charge in [0.1, 0.15) is 0 Å². The smallest absolute Gasteiger partial charge is 0.0938 e. The van der Waals surface area contributed by atoms with E-state index >= 15 is 0 Å². The van der Waals surface area contributed by atoms with Crippen LogP contribution in [0.1, 0.15) is 24.3 Å². The third-order valence-electron chi connectivity index (χ3n) is 2.36. The fraction of sp³-hybridized carbons (Fsp3) is 0.417. The molecule has 0 N–H and O–H groups in total. The molecular weight excluding hydrogens is 226 g/mol. The molecule has 0 fully saturated rings. The van der Waals surface area contributed by atoms with Gasteiger partial charge in [-0.15, -0.1) is 22.9 Å². The minimum atomic E-state index is 0.778. The van der Waals surface area contributed by atoms with Gasteiger partial charge in [0.05, 0.1) is 15.2 Å². The lowest BCUT2D eigenvalue weighted by molar-refractivity contribution is 0.719. The van der Waals surface area contributed by atoms with E-state index in [0.717, 1.165) is 24.2 Å². The first-order chi connectivity index (χ1) is 7.40. The van der Waals surface area contributed by atoms with Gasteiger partial charge in [0.25, 0.3) is 0 Å². The summed E-state index contributed by atoms with van der Waals surface area (Å²) in [4.78, 5) is 4.60. The molecule has 0 aliphatic carbocycles. The van der Waals surface area contributed by atoms with E-state index in [1.807, 2.05) is 17.4 Å². The number of rotatable bonds is 5. The molecule has 80 valence electrons. The molecule has 1 nitrogen and oxygen atoms in total. The Labute approximate surface area is 99.1 Å². The molecule has 0 spiro atoms. The molecule has 3 heteroatoms. The molecule has 15 heavy (non-hydrogen) atoms. The number of nitrogens with zero attached hydrogens (tertiary/aromatic N) is 1. The van der Waals surface area contributed by atoms with Crippen molar-refractivity contribution in [1.29, 1.82) is 0 Å². The molecule has 1 aromatic carbocycles. The van der Waals surface area contributed by atoms with Gasteiger partial charge in [0.2, 0.25) is 0 Å². The van der Waals surface area contributed by atoms with E-state index in [9.17, 15) is 0 Å². The van der Waals surface area contributed by atoms with Crippen LogP contribution in [0.3, 0.4) is 0 Å². The highest BCUT2D eigenvalue weighted by atomic mass is 35.5. The number of alkyl halides is 1. The molecular formula is C12H14ClNS. The summed E-state index contributed by atoms with van der Waals surface area (Å²) in [6.07, 6.45) is 4.62. The Morgan fingerprint density at radius 1 is 1.13 bits per heavy atom. The molecule has 0 radical (unpaired) electrons. The number of unbranched alkanes of at least 4 members (excludes halogenated alkanes) is 2. The summed E-state index contributed by atoms with van der Waals surface area (Å²) < 4.78 is 1.30. The predicted molar refractivity (Wildman–Crippen MR) is 67.9 cm³/mol. The van der Waals surface area contributed by atoms with Crippen LogP contribution in [0, 0.1) is 0 Å². The molecule has 2 aromatic rings. The van der Waals surface area contributed by atoms with Crippen LogP contribution in [0.15, 0.2) is 24.3 Å². The second kappa shape index (κ2) is 5.47. The number of hydrogen-bond acceptors (Lipinski definition) is 2. The molecule has 0 saturated carbocycles. The average molecular weight is 240 g/mol. The Hall–Kier alpha value is -0.600. The molecule has 1 heterocycles. The zero-order chi connectivity index (χ0) is 10.5. The number of benzene rings is 1. The molecule has 0 unspecified atom stereocenters. The van der Waals surface area contributed by atoms with Gasteiger partial charge in [-0.2, -0.15) is 0 Å². The fourth-order valence-electron chi connectivity index (χ4n) is 1.57. The highest BCUT2D eigenvalue weighted by Crippen LogP contribution is 2.22. The number of halogens is 1. The van der Waals surface area contributed by atoms with Crippen LogP contribution in [0.4, 0.5) is 0 Å². The van der Waals surface area contributed by atoms with Crippen molar-refractivity contribution in [1.82, 2.24) is 4.98 Å². The van der Waals surface area contributed by atoms with E-state index in [-0.39, 0.29) is 0 Å². The van der Waals surface area contributed by atoms with Crippen LogP contribution < -0.4 is 0 Å². The minimum Gasteiger partial charge on any atom is -0.241 e. The second-order valence-electron chi connectivity index (χ2n) is 3.57. The molecule has 1 aromatic heterocycles. The first-order valence-corrected chi connectivity index (χ1v) is 6.65. The zero-order valence-electron chi connectivity index (χ0n) is 8.58. The second-order valence-corrected chi connectivity index (χ2v) is 5.07. The van der Waals surface area contributed by atoms with Gasteiger partial charge in [-0.1, -0.05) is 18.6 Å². The first-order valence-electron chi connectivity index (χ1n) is 5.30. The van der Waals surface area contributed by atoms with Crippen molar-refractivity contribution in [2.75, 3.05) is 5.88 Å². The summed E-state index contributed by atoms with van der Waals surface area (Å²) in [6, 6.07) is 8.32. The van der Waals surface area contributed by atoms with Gasteiger partial charge >= 0.3 is 0 Å². The van der Waals surface area contributed by atoms with Crippen molar-refractivity contribution in [3.05, 3.63) is 29.3 Å². The number of aryl methyl sites for hydroxylation is 1. The fourth-order valence-corrected chi connectivity index (χ4v) is 2.77. The summed E-state index contributed by atoms with van der Waals surface area (Å²) in [5, 5.41) is 1.26. The van der Waals surface area contributed by atoms with Gasteiger partial charge in [-0.25, -0.2) is 4.98 Å². The van der Waals surface area contributed by atoms with Crippen molar-refractivity contribution in [2.45, 2.75) is 25.7 Å².